The summed E-state index contributed by atoms with van der Waals surface area (Å²) in [6.07, 6.45) is 0. The summed E-state index contributed by atoms with van der Waals surface area (Å²) in [7, 11) is 0. The summed E-state index contributed by atoms with van der Waals surface area (Å²) in [6, 6.07) is 15.3. The lowest BCUT2D eigenvalue weighted by molar-refractivity contribution is -0.118. The predicted octanol–water partition coefficient (Wildman–Crippen LogP) is 4.40. The second-order valence-corrected chi connectivity index (χ2v) is 7.35. The summed E-state index contributed by atoms with van der Waals surface area (Å²) in [5.74, 6) is 0.149. The zero-order valence-corrected chi connectivity index (χ0v) is 16.7. The third kappa shape index (κ3) is 4.95. The zero-order valence-electron chi connectivity index (χ0n) is 15.9. The Labute approximate surface area is 167 Å². The highest BCUT2D eigenvalue weighted by Gasteiger charge is 2.16. The molecule has 0 spiro atoms. The van der Waals surface area contributed by atoms with E-state index in [9.17, 15) is 9.59 Å². The molecule has 0 aliphatic rings. The van der Waals surface area contributed by atoms with Crippen LogP contribution in [0, 0.1) is 13.8 Å². The molecule has 2 N–H and O–H groups in total. The normalized spacial score (nSPS) is 10.4. The average molecular weight is 395 g/mol. The van der Waals surface area contributed by atoms with Gasteiger partial charge in [0.2, 0.25) is 5.91 Å². The molecule has 28 heavy (non-hydrogen) atoms. The first-order valence-electron chi connectivity index (χ1n) is 8.76. The van der Waals surface area contributed by atoms with Gasteiger partial charge in [-0.3, -0.25) is 14.9 Å². The number of anilines is 2. The third-order valence-electron chi connectivity index (χ3n) is 3.94. The minimum atomic E-state index is -0.318. The van der Waals surface area contributed by atoms with Crippen molar-refractivity contribution in [3.63, 3.8) is 0 Å². The highest BCUT2D eigenvalue weighted by molar-refractivity contribution is 7.20. The maximum atomic E-state index is 12.3. The van der Waals surface area contributed by atoms with Crippen LogP contribution in [0.5, 0.6) is 5.75 Å². The van der Waals surface area contributed by atoms with Crippen LogP contribution in [0.2, 0.25) is 0 Å². The number of hydrogen-bond donors (Lipinski definition) is 2. The standard InChI is InChI=1S/C21H21N3O3S/c1-13-8-10-16(11-9-13)19-20(22-15(3)25)28-21(24-19)23-18(26)12-27-17-7-5-4-6-14(17)2/h4-11H,12H2,1-3H3,(H,22,25)(H,23,24,26). The van der Waals surface area contributed by atoms with Crippen LogP contribution in [0.1, 0.15) is 18.1 Å². The molecule has 0 saturated carbocycles. The largest absolute Gasteiger partial charge is 0.483 e. The number of aromatic nitrogens is 1. The number of benzene rings is 2. The van der Waals surface area contributed by atoms with Crippen LogP contribution in [0.15, 0.2) is 48.5 Å². The van der Waals surface area contributed by atoms with Gasteiger partial charge in [0.1, 0.15) is 16.4 Å². The first kappa shape index (κ1) is 19.6. The molecule has 6 nitrogen and oxygen atoms in total. The van der Waals surface area contributed by atoms with E-state index in [1.165, 1.54) is 18.3 Å². The van der Waals surface area contributed by atoms with Gasteiger partial charge in [-0.25, -0.2) is 4.98 Å². The number of amides is 2. The Morgan fingerprint density at radius 2 is 1.75 bits per heavy atom. The molecule has 0 fully saturated rings. The van der Waals surface area contributed by atoms with Gasteiger partial charge in [-0.05, 0) is 25.5 Å². The van der Waals surface area contributed by atoms with E-state index in [2.05, 4.69) is 15.6 Å². The van der Waals surface area contributed by atoms with Crippen LogP contribution >= 0.6 is 11.3 Å². The zero-order chi connectivity index (χ0) is 20.1. The molecule has 7 heteroatoms. The van der Waals surface area contributed by atoms with Crippen LogP contribution < -0.4 is 15.4 Å². The smallest absolute Gasteiger partial charge is 0.264 e. The molecule has 0 bridgehead atoms. The highest BCUT2D eigenvalue weighted by atomic mass is 32.1. The van der Waals surface area contributed by atoms with Crippen molar-refractivity contribution in [2.45, 2.75) is 20.8 Å². The molecule has 0 saturated heterocycles. The van der Waals surface area contributed by atoms with Crippen molar-refractivity contribution in [1.29, 1.82) is 0 Å². The first-order valence-corrected chi connectivity index (χ1v) is 9.58. The van der Waals surface area contributed by atoms with Crippen LogP contribution in [0.4, 0.5) is 10.1 Å². The van der Waals surface area contributed by atoms with Crippen molar-refractivity contribution in [3.05, 3.63) is 59.7 Å². The molecule has 0 aliphatic carbocycles. The van der Waals surface area contributed by atoms with Crippen molar-refractivity contribution in [1.82, 2.24) is 4.98 Å². The fourth-order valence-corrected chi connectivity index (χ4v) is 3.49. The molecule has 3 aromatic rings. The van der Waals surface area contributed by atoms with Crippen LogP contribution in [-0.2, 0) is 9.59 Å². The first-order chi connectivity index (χ1) is 13.4. The van der Waals surface area contributed by atoms with Gasteiger partial charge in [-0.2, -0.15) is 0 Å². The summed E-state index contributed by atoms with van der Waals surface area (Å²) < 4.78 is 5.57. The minimum Gasteiger partial charge on any atom is -0.483 e. The topological polar surface area (TPSA) is 80.3 Å². The van der Waals surface area contributed by atoms with Crippen molar-refractivity contribution in [2.24, 2.45) is 0 Å². The Morgan fingerprint density at radius 3 is 2.43 bits per heavy atom. The van der Waals surface area contributed by atoms with E-state index in [-0.39, 0.29) is 18.4 Å². The average Bonchev–Trinajstić information content (AvgIpc) is 3.03. The maximum absolute atomic E-state index is 12.3. The number of carbonyl (C=O) groups is 2. The quantitative estimate of drug-likeness (QED) is 0.648. The summed E-state index contributed by atoms with van der Waals surface area (Å²) in [4.78, 5) is 28.3. The number of carbonyl (C=O) groups excluding carboxylic acids is 2. The maximum Gasteiger partial charge on any atom is 0.264 e. The predicted molar refractivity (Wildman–Crippen MR) is 112 cm³/mol. The molecular weight excluding hydrogens is 374 g/mol. The lowest BCUT2D eigenvalue weighted by Gasteiger charge is -2.08. The Morgan fingerprint density at radius 1 is 1.04 bits per heavy atom. The Bertz CT molecular complexity index is 996. The van der Waals surface area contributed by atoms with E-state index >= 15 is 0 Å². The monoisotopic (exact) mass is 395 g/mol. The fraction of sp³-hybridized carbons (Fsp3) is 0.190. The molecule has 3 rings (SSSR count). The second-order valence-electron chi connectivity index (χ2n) is 6.35. The molecular formula is C21H21N3O3S. The van der Waals surface area contributed by atoms with Gasteiger partial charge in [0.25, 0.3) is 5.91 Å². The summed E-state index contributed by atoms with van der Waals surface area (Å²) in [5, 5.41) is 6.51. The number of nitrogens with zero attached hydrogens (tertiary/aromatic N) is 1. The number of hydrogen-bond acceptors (Lipinski definition) is 5. The van der Waals surface area contributed by atoms with E-state index in [1.54, 1.807) is 0 Å². The lowest BCUT2D eigenvalue weighted by Crippen LogP contribution is -2.20. The van der Waals surface area contributed by atoms with Gasteiger partial charge < -0.3 is 10.1 Å². The van der Waals surface area contributed by atoms with Gasteiger partial charge in [-0.1, -0.05) is 59.4 Å². The molecule has 0 radical (unpaired) electrons. The van der Waals surface area contributed by atoms with Crippen molar-refractivity contribution < 1.29 is 14.3 Å². The van der Waals surface area contributed by atoms with Gasteiger partial charge in [0.15, 0.2) is 11.7 Å². The van der Waals surface area contributed by atoms with E-state index in [4.69, 9.17) is 4.74 Å². The number of nitrogens with one attached hydrogen (secondary N) is 2. The highest BCUT2D eigenvalue weighted by Crippen LogP contribution is 2.36. The van der Waals surface area contributed by atoms with Gasteiger partial charge in [0, 0.05) is 12.5 Å². The molecule has 0 aliphatic heterocycles. The van der Waals surface area contributed by atoms with E-state index < -0.39 is 0 Å². The fourth-order valence-electron chi connectivity index (χ4n) is 2.54. The van der Waals surface area contributed by atoms with Crippen molar-refractivity contribution >= 4 is 33.3 Å². The molecule has 2 amide bonds. The van der Waals surface area contributed by atoms with Crippen LogP contribution in [0.25, 0.3) is 11.3 Å². The Hall–Kier alpha value is -3.19. The number of thiazole rings is 1. The lowest BCUT2D eigenvalue weighted by atomic mass is 10.1. The molecule has 1 aromatic heterocycles. The molecule has 0 unspecified atom stereocenters. The Balaban J connectivity index is 1.74. The van der Waals surface area contributed by atoms with Crippen molar-refractivity contribution in [2.75, 3.05) is 17.2 Å². The number of rotatable bonds is 6. The molecule has 0 atom stereocenters. The van der Waals surface area contributed by atoms with Crippen LogP contribution in [0.3, 0.4) is 0 Å². The molecule has 1 heterocycles. The van der Waals surface area contributed by atoms with Gasteiger partial charge in [0.05, 0.1) is 0 Å². The second kappa shape index (κ2) is 8.67. The van der Waals surface area contributed by atoms with Crippen molar-refractivity contribution in [3.8, 4) is 17.0 Å². The van der Waals surface area contributed by atoms with E-state index in [1.807, 2.05) is 62.4 Å². The van der Waals surface area contributed by atoms with E-state index in [0.29, 0.717) is 21.6 Å². The number of ether oxygens (including phenoxy) is 1. The van der Waals surface area contributed by atoms with Gasteiger partial charge >= 0.3 is 0 Å². The summed E-state index contributed by atoms with van der Waals surface area (Å²) in [6.45, 7) is 5.23. The summed E-state index contributed by atoms with van der Waals surface area (Å²) >= 11 is 1.21. The molecule has 2 aromatic carbocycles. The number of aryl methyl sites for hydroxylation is 2. The van der Waals surface area contributed by atoms with E-state index in [0.717, 1.165) is 16.7 Å². The third-order valence-corrected chi connectivity index (χ3v) is 4.83. The SMILES string of the molecule is CC(=O)Nc1sc(NC(=O)COc2ccccc2C)nc1-c1ccc(C)cc1. The van der Waals surface area contributed by atoms with Gasteiger partial charge in [-0.15, -0.1) is 0 Å². The Kier molecular flexibility index (Phi) is 6.06. The molecule has 144 valence electrons. The number of para-hydroxylation sites is 1. The minimum absolute atomic E-state index is 0.125. The van der Waals surface area contributed by atoms with Crippen LogP contribution in [-0.4, -0.2) is 23.4 Å². The summed E-state index contributed by atoms with van der Waals surface area (Å²) in [5.41, 5.74) is 3.57.